The number of morpholine rings is 1. The van der Waals surface area contributed by atoms with Gasteiger partial charge in [0.15, 0.2) is 6.29 Å². The number of anilines is 1. The molecule has 7 nitrogen and oxygen atoms in total. The first-order valence-electron chi connectivity index (χ1n) is 9.58. The van der Waals surface area contributed by atoms with Gasteiger partial charge in [-0.15, -0.1) is 13.2 Å². The highest BCUT2D eigenvalue weighted by Crippen LogP contribution is 2.29. The van der Waals surface area contributed by atoms with Gasteiger partial charge in [0.1, 0.15) is 11.4 Å². The van der Waals surface area contributed by atoms with Gasteiger partial charge in [-0.3, -0.25) is 9.69 Å². The van der Waals surface area contributed by atoms with Crippen LogP contribution in [0.4, 0.5) is 18.9 Å². The number of fused-ring (bicyclic) bond motifs is 1. The predicted octanol–water partition coefficient (Wildman–Crippen LogP) is 2.95. The summed E-state index contributed by atoms with van der Waals surface area (Å²) in [7, 11) is 0. The molecule has 1 unspecified atom stereocenters. The maximum Gasteiger partial charge on any atom is 0.573 e. The van der Waals surface area contributed by atoms with E-state index in [0.717, 1.165) is 44.8 Å². The lowest BCUT2D eigenvalue weighted by Crippen LogP contribution is -2.38. The van der Waals surface area contributed by atoms with E-state index in [0.29, 0.717) is 23.2 Å². The largest absolute Gasteiger partial charge is 0.573 e. The van der Waals surface area contributed by atoms with Crippen molar-refractivity contribution >= 4 is 23.0 Å². The molecule has 0 spiro atoms. The number of halogens is 3. The molecule has 2 aromatic heterocycles. The summed E-state index contributed by atoms with van der Waals surface area (Å²) in [5.41, 5.74) is 1.56. The summed E-state index contributed by atoms with van der Waals surface area (Å²) in [6.07, 6.45) is 3.39. The van der Waals surface area contributed by atoms with Crippen LogP contribution >= 0.6 is 0 Å². The van der Waals surface area contributed by atoms with Crippen LogP contribution in [0.25, 0.3) is 11.0 Å². The fraction of sp³-hybridized carbons (Fsp3) is 0.400. The second-order valence-electron chi connectivity index (χ2n) is 7.05. The van der Waals surface area contributed by atoms with E-state index in [1.165, 1.54) is 24.4 Å². The highest BCUT2D eigenvalue weighted by molar-refractivity contribution is 5.99. The number of aldehydes is 1. The Morgan fingerprint density at radius 1 is 1.30 bits per heavy atom. The molecule has 0 bridgehead atoms. The van der Waals surface area contributed by atoms with Crippen molar-refractivity contribution in [2.45, 2.75) is 18.9 Å². The molecule has 1 saturated heterocycles. The molecule has 1 aliphatic heterocycles. The monoisotopic (exact) mass is 422 g/mol. The van der Waals surface area contributed by atoms with Crippen LogP contribution < -0.4 is 5.32 Å². The molecule has 1 N–H and O–H groups in total. The van der Waals surface area contributed by atoms with Crippen molar-refractivity contribution in [2.75, 3.05) is 38.2 Å². The molecule has 2 aromatic rings. The highest BCUT2D eigenvalue weighted by atomic mass is 19.4. The van der Waals surface area contributed by atoms with Crippen LogP contribution in [-0.4, -0.2) is 66.0 Å². The normalized spacial score (nSPS) is 19.8. The molecular weight excluding hydrogens is 401 g/mol. The van der Waals surface area contributed by atoms with E-state index in [4.69, 9.17) is 4.74 Å². The third-order valence-corrected chi connectivity index (χ3v) is 5.06. The third kappa shape index (κ3) is 4.65. The highest BCUT2D eigenvalue weighted by Gasteiger charge is 2.32. The topological polar surface area (TPSA) is 68.6 Å². The maximum absolute atomic E-state index is 12.4. The van der Waals surface area contributed by atoms with E-state index in [9.17, 15) is 18.0 Å². The lowest BCUT2D eigenvalue weighted by molar-refractivity contribution is -0.303. The zero-order valence-corrected chi connectivity index (χ0v) is 16.1. The van der Waals surface area contributed by atoms with Crippen molar-refractivity contribution in [3.63, 3.8) is 0 Å². The first-order valence-corrected chi connectivity index (χ1v) is 9.58. The van der Waals surface area contributed by atoms with Crippen LogP contribution in [0.2, 0.25) is 0 Å². The van der Waals surface area contributed by atoms with Gasteiger partial charge in [-0.1, -0.05) is 6.08 Å². The van der Waals surface area contributed by atoms with Gasteiger partial charge < -0.3 is 19.4 Å². The molecule has 1 aliphatic carbocycles. The predicted molar refractivity (Wildman–Crippen MR) is 104 cm³/mol. The van der Waals surface area contributed by atoms with Gasteiger partial charge in [-0.2, -0.15) is 0 Å². The quantitative estimate of drug-likeness (QED) is 0.692. The minimum Gasteiger partial charge on any atom is -0.406 e. The van der Waals surface area contributed by atoms with Gasteiger partial charge in [-0.25, -0.2) is 4.98 Å². The van der Waals surface area contributed by atoms with E-state index < -0.39 is 12.4 Å². The summed E-state index contributed by atoms with van der Waals surface area (Å²) in [5.74, 6) is -0.291. The molecule has 0 aromatic carbocycles. The molecule has 4 rings (SSSR count). The van der Waals surface area contributed by atoms with Crippen molar-refractivity contribution in [2.24, 2.45) is 0 Å². The zero-order chi connectivity index (χ0) is 21.1. The number of hydrogen-bond acceptors (Lipinski definition) is 6. The van der Waals surface area contributed by atoms with Crippen LogP contribution in [0, 0.1) is 0 Å². The maximum atomic E-state index is 12.4. The minimum absolute atomic E-state index is 0.291. The Hall–Kier alpha value is -2.85. The molecule has 0 amide bonds. The number of nitrogens with one attached hydrogen (secondary N) is 1. The van der Waals surface area contributed by atoms with Crippen LogP contribution in [-0.2, 0) is 16.0 Å². The van der Waals surface area contributed by atoms with Gasteiger partial charge in [0.2, 0.25) is 0 Å². The molecule has 3 heterocycles. The summed E-state index contributed by atoms with van der Waals surface area (Å²) in [4.78, 5) is 18.2. The second kappa shape index (κ2) is 8.49. The molecule has 1 fully saturated rings. The number of aromatic nitrogens is 2. The Balaban J connectivity index is 1.53. The standard InChI is InChI=1S/C20H21F3N4O3/c21-20(22,23)30-16-2-1-15(11-16)25-18-14(13-28)12-24-19-17(18)3-4-27(19)6-5-26-7-9-29-10-8-26/h1-4,11-13,15H,5-10H2,(H,24,25). The smallest absolute Gasteiger partial charge is 0.406 e. The van der Waals surface area contributed by atoms with Crippen LogP contribution in [0.3, 0.4) is 0 Å². The van der Waals surface area contributed by atoms with E-state index in [1.807, 2.05) is 16.8 Å². The summed E-state index contributed by atoms with van der Waals surface area (Å²) < 4.78 is 48.5. The van der Waals surface area contributed by atoms with Gasteiger partial charge in [-0.05, 0) is 18.2 Å². The van der Waals surface area contributed by atoms with Crippen molar-refractivity contribution in [1.29, 1.82) is 0 Å². The van der Waals surface area contributed by atoms with Gasteiger partial charge in [0.25, 0.3) is 0 Å². The average Bonchev–Trinajstić information content (AvgIpc) is 3.33. The minimum atomic E-state index is -4.75. The van der Waals surface area contributed by atoms with Crippen molar-refractivity contribution in [3.05, 3.63) is 48.0 Å². The number of ether oxygens (including phenoxy) is 2. The molecule has 2 aliphatic rings. The molecule has 30 heavy (non-hydrogen) atoms. The Labute approximate surface area is 170 Å². The lowest BCUT2D eigenvalue weighted by Gasteiger charge is -2.26. The molecular formula is C20H21F3N4O3. The van der Waals surface area contributed by atoms with E-state index in [-0.39, 0.29) is 5.76 Å². The summed E-state index contributed by atoms with van der Waals surface area (Å²) >= 11 is 0. The molecule has 160 valence electrons. The fourth-order valence-electron chi connectivity index (χ4n) is 3.60. The van der Waals surface area contributed by atoms with Gasteiger partial charge in [0.05, 0.1) is 30.5 Å². The summed E-state index contributed by atoms with van der Waals surface area (Å²) in [6.45, 7) is 4.80. The third-order valence-electron chi connectivity index (χ3n) is 5.06. The fourth-order valence-corrected chi connectivity index (χ4v) is 3.60. The number of allylic oxidation sites excluding steroid dienone is 1. The van der Waals surface area contributed by atoms with E-state index in [2.05, 4.69) is 19.9 Å². The first-order chi connectivity index (χ1) is 14.4. The number of pyridine rings is 1. The Morgan fingerprint density at radius 2 is 2.10 bits per heavy atom. The summed E-state index contributed by atoms with van der Waals surface area (Å²) in [6, 6.07) is 1.32. The summed E-state index contributed by atoms with van der Waals surface area (Å²) in [5, 5.41) is 3.85. The van der Waals surface area contributed by atoms with Crippen molar-refractivity contribution in [1.82, 2.24) is 14.5 Å². The number of carbonyl (C=O) groups excluding carboxylic acids is 1. The Morgan fingerprint density at radius 3 is 2.83 bits per heavy atom. The van der Waals surface area contributed by atoms with Gasteiger partial charge in [0, 0.05) is 44.0 Å². The number of rotatable bonds is 7. The van der Waals surface area contributed by atoms with E-state index >= 15 is 0 Å². The number of carbonyl (C=O) groups is 1. The van der Waals surface area contributed by atoms with Crippen molar-refractivity contribution in [3.8, 4) is 0 Å². The van der Waals surface area contributed by atoms with Gasteiger partial charge >= 0.3 is 6.36 Å². The van der Waals surface area contributed by atoms with Crippen molar-refractivity contribution < 1.29 is 27.4 Å². The second-order valence-corrected chi connectivity index (χ2v) is 7.05. The zero-order valence-electron chi connectivity index (χ0n) is 16.1. The average molecular weight is 422 g/mol. The molecule has 10 heteroatoms. The number of hydrogen-bond donors (Lipinski definition) is 1. The Kier molecular flexibility index (Phi) is 5.78. The number of nitrogens with zero attached hydrogens (tertiary/aromatic N) is 3. The van der Waals surface area contributed by atoms with E-state index in [1.54, 1.807) is 0 Å². The molecule has 1 atom stereocenters. The molecule has 0 saturated carbocycles. The van der Waals surface area contributed by atoms with Crippen LogP contribution in [0.5, 0.6) is 0 Å². The van der Waals surface area contributed by atoms with Crippen LogP contribution in [0.15, 0.2) is 42.4 Å². The molecule has 0 radical (unpaired) electrons. The SMILES string of the molecule is O=Cc1cnc2c(ccn2CCN2CCOCC2)c1NC1C=CC(OC(F)(F)F)=C1. The number of alkyl halides is 3. The Bertz CT molecular complexity index is 978. The first kappa shape index (κ1) is 20.4. The lowest BCUT2D eigenvalue weighted by atomic mass is 10.1. The van der Waals surface area contributed by atoms with Crippen LogP contribution in [0.1, 0.15) is 10.4 Å².